The van der Waals surface area contributed by atoms with Crippen molar-refractivity contribution in [2.45, 2.75) is 37.1 Å². The minimum Gasteiger partial charge on any atom is -0.312 e. The Morgan fingerprint density at radius 1 is 1.53 bits per heavy atom. The molecule has 17 heavy (non-hydrogen) atoms. The number of halogens is 1. The summed E-state index contributed by atoms with van der Waals surface area (Å²) in [5.74, 6) is 0.231. The standard InChI is InChI=1S/C10H15ClN2O3S/c1-3-13-7-6-12-9(10(13)14)17(15,16)8(2)4-5-11/h6-8H,3-5H2,1-2H3. The number of alkyl halides is 1. The van der Waals surface area contributed by atoms with Gasteiger partial charge in [-0.3, -0.25) is 4.79 Å². The Morgan fingerprint density at radius 2 is 2.18 bits per heavy atom. The first kappa shape index (κ1) is 14.2. The van der Waals surface area contributed by atoms with Crippen LogP contribution >= 0.6 is 11.6 Å². The molecule has 0 bridgehead atoms. The maximum Gasteiger partial charge on any atom is 0.288 e. The molecule has 0 aliphatic heterocycles. The number of hydrogen-bond acceptors (Lipinski definition) is 4. The molecule has 0 saturated carbocycles. The first-order valence-electron chi connectivity index (χ1n) is 5.30. The van der Waals surface area contributed by atoms with Gasteiger partial charge in [0.1, 0.15) is 0 Å². The lowest BCUT2D eigenvalue weighted by atomic mass is 10.4. The third kappa shape index (κ3) is 2.87. The van der Waals surface area contributed by atoms with Gasteiger partial charge in [-0.15, -0.1) is 11.6 Å². The second-order valence-corrected chi connectivity index (χ2v) is 6.32. The topological polar surface area (TPSA) is 69.0 Å². The van der Waals surface area contributed by atoms with Crippen LogP contribution in [0.2, 0.25) is 0 Å². The molecule has 0 N–H and O–H groups in total. The van der Waals surface area contributed by atoms with Crippen LogP contribution in [0.3, 0.4) is 0 Å². The van der Waals surface area contributed by atoms with Crippen LogP contribution in [0, 0.1) is 0 Å². The van der Waals surface area contributed by atoms with Crippen molar-refractivity contribution in [3.05, 3.63) is 22.7 Å². The Morgan fingerprint density at radius 3 is 2.71 bits per heavy atom. The lowest BCUT2D eigenvalue weighted by Crippen LogP contribution is -2.31. The first-order valence-corrected chi connectivity index (χ1v) is 7.38. The monoisotopic (exact) mass is 278 g/mol. The fourth-order valence-corrected chi connectivity index (χ4v) is 3.21. The summed E-state index contributed by atoms with van der Waals surface area (Å²) in [7, 11) is -3.69. The Kier molecular flexibility index (Phi) is 4.70. The quantitative estimate of drug-likeness (QED) is 0.755. The molecule has 0 amide bonds. The lowest BCUT2D eigenvalue weighted by Gasteiger charge is -2.11. The Hall–Kier alpha value is -0.880. The van der Waals surface area contributed by atoms with Crippen LogP contribution in [0.25, 0.3) is 0 Å². The fraction of sp³-hybridized carbons (Fsp3) is 0.600. The molecule has 5 nitrogen and oxygen atoms in total. The van der Waals surface area contributed by atoms with Crippen molar-refractivity contribution in [3.8, 4) is 0 Å². The van der Waals surface area contributed by atoms with Crippen LogP contribution < -0.4 is 5.56 Å². The Labute approximate surface area is 105 Å². The van der Waals surface area contributed by atoms with E-state index in [1.54, 1.807) is 6.92 Å². The van der Waals surface area contributed by atoms with Gasteiger partial charge < -0.3 is 4.57 Å². The van der Waals surface area contributed by atoms with Gasteiger partial charge in [0.2, 0.25) is 14.9 Å². The van der Waals surface area contributed by atoms with E-state index in [-0.39, 0.29) is 10.9 Å². The van der Waals surface area contributed by atoms with E-state index in [1.807, 2.05) is 0 Å². The molecule has 1 unspecified atom stereocenters. The zero-order chi connectivity index (χ0) is 13.1. The highest BCUT2D eigenvalue weighted by molar-refractivity contribution is 7.91. The van der Waals surface area contributed by atoms with Gasteiger partial charge in [0, 0.05) is 24.8 Å². The number of rotatable bonds is 5. The zero-order valence-electron chi connectivity index (χ0n) is 9.76. The van der Waals surface area contributed by atoms with Gasteiger partial charge in [-0.2, -0.15) is 0 Å². The van der Waals surface area contributed by atoms with Crippen molar-refractivity contribution in [2.24, 2.45) is 0 Å². The number of hydrogen-bond donors (Lipinski definition) is 0. The van der Waals surface area contributed by atoms with E-state index in [4.69, 9.17) is 11.6 Å². The molecule has 96 valence electrons. The summed E-state index contributed by atoms with van der Waals surface area (Å²) in [6.45, 7) is 3.70. The van der Waals surface area contributed by atoms with Crippen LogP contribution in [0.15, 0.2) is 22.2 Å². The van der Waals surface area contributed by atoms with Crippen LogP contribution in [-0.4, -0.2) is 29.1 Å². The van der Waals surface area contributed by atoms with E-state index < -0.39 is 20.6 Å². The average Bonchev–Trinajstić information content (AvgIpc) is 2.29. The van der Waals surface area contributed by atoms with E-state index in [0.717, 1.165) is 0 Å². The molecule has 7 heteroatoms. The van der Waals surface area contributed by atoms with Crippen LogP contribution in [0.5, 0.6) is 0 Å². The molecular formula is C10H15ClN2O3S. The normalized spacial score (nSPS) is 13.6. The number of nitrogens with zero attached hydrogens (tertiary/aromatic N) is 2. The molecule has 1 heterocycles. The molecule has 0 aliphatic rings. The summed E-state index contributed by atoms with van der Waals surface area (Å²) >= 11 is 5.52. The molecule has 0 saturated heterocycles. The summed E-state index contributed by atoms with van der Waals surface area (Å²) in [5, 5.41) is -1.09. The molecule has 0 aromatic carbocycles. The Balaban J connectivity index is 3.30. The molecule has 1 atom stereocenters. The van der Waals surface area contributed by atoms with Crippen molar-refractivity contribution < 1.29 is 8.42 Å². The largest absolute Gasteiger partial charge is 0.312 e. The van der Waals surface area contributed by atoms with E-state index in [0.29, 0.717) is 13.0 Å². The highest BCUT2D eigenvalue weighted by Crippen LogP contribution is 2.13. The van der Waals surface area contributed by atoms with E-state index in [9.17, 15) is 13.2 Å². The van der Waals surface area contributed by atoms with Crippen LogP contribution in [0.4, 0.5) is 0 Å². The predicted molar refractivity (Wildman–Crippen MR) is 66.2 cm³/mol. The minimum atomic E-state index is -3.69. The third-order valence-electron chi connectivity index (χ3n) is 2.54. The van der Waals surface area contributed by atoms with Crippen molar-refractivity contribution in [3.63, 3.8) is 0 Å². The van der Waals surface area contributed by atoms with E-state index in [1.165, 1.54) is 23.9 Å². The minimum absolute atomic E-state index is 0.231. The van der Waals surface area contributed by atoms with Gasteiger partial charge in [0.25, 0.3) is 5.56 Å². The smallest absolute Gasteiger partial charge is 0.288 e. The molecular weight excluding hydrogens is 264 g/mol. The first-order chi connectivity index (χ1) is 7.95. The summed E-state index contributed by atoms with van der Waals surface area (Å²) in [6, 6.07) is 0. The van der Waals surface area contributed by atoms with Crippen LogP contribution in [0.1, 0.15) is 20.3 Å². The summed E-state index contributed by atoms with van der Waals surface area (Å²) in [5.41, 5.74) is -0.573. The summed E-state index contributed by atoms with van der Waals surface area (Å²) < 4.78 is 25.5. The zero-order valence-corrected chi connectivity index (χ0v) is 11.3. The molecule has 0 fully saturated rings. The fourth-order valence-electron chi connectivity index (χ4n) is 1.37. The number of aromatic nitrogens is 2. The molecule has 1 aromatic rings. The van der Waals surface area contributed by atoms with Gasteiger partial charge in [0.15, 0.2) is 0 Å². The molecule has 0 aliphatic carbocycles. The molecule has 0 spiro atoms. The van der Waals surface area contributed by atoms with Gasteiger partial charge in [-0.05, 0) is 20.3 Å². The maximum absolute atomic E-state index is 12.1. The average molecular weight is 279 g/mol. The van der Waals surface area contributed by atoms with Crippen molar-refractivity contribution >= 4 is 21.4 Å². The lowest BCUT2D eigenvalue weighted by molar-refractivity contribution is 0.570. The Bertz CT molecular complexity index is 539. The van der Waals surface area contributed by atoms with E-state index in [2.05, 4.69) is 4.98 Å². The van der Waals surface area contributed by atoms with Crippen molar-refractivity contribution in [2.75, 3.05) is 5.88 Å². The van der Waals surface area contributed by atoms with E-state index >= 15 is 0 Å². The van der Waals surface area contributed by atoms with Crippen molar-refractivity contribution in [1.29, 1.82) is 0 Å². The molecule has 1 rings (SSSR count). The summed E-state index contributed by atoms with van der Waals surface area (Å²) in [4.78, 5) is 15.5. The predicted octanol–water partition coefficient (Wildman–Crippen LogP) is 1.05. The summed E-state index contributed by atoms with van der Waals surface area (Å²) in [6.07, 6.45) is 3.09. The molecule has 0 radical (unpaired) electrons. The number of sulfone groups is 1. The van der Waals surface area contributed by atoms with Gasteiger partial charge in [0.05, 0.1) is 5.25 Å². The van der Waals surface area contributed by atoms with Crippen LogP contribution in [-0.2, 0) is 16.4 Å². The van der Waals surface area contributed by atoms with Crippen molar-refractivity contribution in [1.82, 2.24) is 9.55 Å². The highest BCUT2D eigenvalue weighted by atomic mass is 35.5. The highest BCUT2D eigenvalue weighted by Gasteiger charge is 2.27. The third-order valence-corrected chi connectivity index (χ3v) is 4.87. The van der Waals surface area contributed by atoms with Gasteiger partial charge in [-0.25, -0.2) is 13.4 Å². The second-order valence-electron chi connectivity index (χ2n) is 3.66. The van der Waals surface area contributed by atoms with Gasteiger partial charge in [-0.1, -0.05) is 0 Å². The molecule has 1 aromatic heterocycles. The second kappa shape index (κ2) is 5.64. The number of aryl methyl sites for hydroxylation is 1. The maximum atomic E-state index is 12.1. The van der Waals surface area contributed by atoms with Gasteiger partial charge >= 0.3 is 0 Å². The SMILES string of the molecule is CCn1ccnc(S(=O)(=O)C(C)CCCl)c1=O.